The minimum Gasteiger partial charge on any atom is -0.497 e. The van der Waals surface area contributed by atoms with Crippen LogP contribution < -0.4 is 14.8 Å². The molecule has 1 fully saturated rings. The van der Waals surface area contributed by atoms with Gasteiger partial charge in [0.1, 0.15) is 11.5 Å². The van der Waals surface area contributed by atoms with Crippen molar-refractivity contribution in [3.63, 3.8) is 0 Å². The monoisotopic (exact) mass is 291 g/mol. The smallest absolute Gasteiger partial charge is 0.127 e. The summed E-state index contributed by atoms with van der Waals surface area (Å²) in [5.74, 6) is 1.82. The standard InChI is InChI=1S/C16H25N3O2/c1-18-4-6-19(7-5-18)14-11-17-10-12-8-13(20-2)9-15(21-3)16(12)14/h8-9,14,17H,4-7,10-11H2,1-3H3/t14-/m1/s1. The average Bonchev–Trinajstić information content (AvgIpc) is 2.54. The highest BCUT2D eigenvalue weighted by Crippen LogP contribution is 2.38. The molecular formula is C16H25N3O2. The lowest BCUT2D eigenvalue weighted by Crippen LogP contribution is -2.49. The van der Waals surface area contributed by atoms with E-state index >= 15 is 0 Å². The molecule has 0 unspecified atom stereocenters. The van der Waals surface area contributed by atoms with E-state index in [1.807, 2.05) is 6.07 Å². The van der Waals surface area contributed by atoms with Crippen LogP contribution in [0.1, 0.15) is 17.2 Å². The maximum atomic E-state index is 5.65. The summed E-state index contributed by atoms with van der Waals surface area (Å²) >= 11 is 0. The Morgan fingerprint density at radius 2 is 1.86 bits per heavy atom. The topological polar surface area (TPSA) is 37.0 Å². The molecule has 1 atom stereocenters. The Morgan fingerprint density at radius 1 is 1.10 bits per heavy atom. The van der Waals surface area contributed by atoms with Crippen molar-refractivity contribution in [1.29, 1.82) is 0 Å². The van der Waals surface area contributed by atoms with Crippen LogP contribution in [0.4, 0.5) is 0 Å². The zero-order chi connectivity index (χ0) is 14.8. The van der Waals surface area contributed by atoms with Crippen molar-refractivity contribution in [2.45, 2.75) is 12.6 Å². The highest BCUT2D eigenvalue weighted by atomic mass is 16.5. The summed E-state index contributed by atoms with van der Waals surface area (Å²) in [4.78, 5) is 4.96. The normalized spacial score (nSPS) is 23.7. The molecule has 21 heavy (non-hydrogen) atoms. The fraction of sp³-hybridized carbons (Fsp3) is 0.625. The number of piperazine rings is 1. The molecule has 0 aliphatic carbocycles. The van der Waals surface area contributed by atoms with Crippen molar-refractivity contribution < 1.29 is 9.47 Å². The minimum absolute atomic E-state index is 0.392. The number of likely N-dealkylation sites (N-methyl/N-ethyl adjacent to an activating group) is 1. The average molecular weight is 291 g/mol. The molecule has 0 spiro atoms. The molecular weight excluding hydrogens is 266 g/mol. The first-order chi connectivity index (χ1) is 10.2. The largest absolute Gasteiger partial charge is 0.497 e. The quantitative estimate of drug-likeness (QED) is 0.902. The molecule has 0 bridgehead atoms. The van der Waals surface area contributed by atoms with Gasteiger partial charge in [0, 0.05) is 50.9 Å². The molecule has 3 rings (SSSR count). The van der Waals surface area contributed by atoms with Gasteiger partial charge in [0.05, 0.1) is 20.3 Å². The van der Waals surface area contributed by atoms with Gasteiger partial charge in [0.2, 0.25) is 0 Å². The lowest BCUT2D eigenvalue weighted by atomic mass is 9.93. The van der Waals surface area contributed by atoms with Crippen molar-refractivity contribution >= 4 is 0 Å². The van der Waals surface area contributed by atoms with Gasteiger partial charge in [0.25, 0.3) is 0 Å². The molecule has 2 aliphatic heterocycles. The number of hydrogen-bond acceptors (Lipinski definition) is 5. The van der Waals surface area contributed by atoms with E-state index in [0.29, 0.717) is 6.04 Å². The van der Waals surface area contributed by atoms with Crippen molar-refractivity contribution in [3.8, 4) is 11.5 Å². The van der Waals surface area contributed by atoms with E-state index in [4.69, 9.17) is 9.47 Å². The molecule has 116 valence electrons. The molecule has 0 saturated carbocycles. The van der Waals surface area contributed by atoms with E-state index in [9.17, 15) is 0 Å². The fourth-order valence-electron chi connectivity index (χ4n) is 3.36. The van der Waals surface area contributed by atoms with E-state index < -0.39 is 0 Å². The first kappa shape index (κ1) is 14.6. The number of nitrogens with zero attached hydrogens (tertiary/aromatic N) is 2. The number of ether oxygens (including phenoxy) is 2. The summed E-state index contributed by atoms with van der Waals surface area (Å²) in [5, 5.41) is 3.54. The van der Waals surface area contributed by atoms with Gasteiger partial charge in [-0.05, 0) is 18.7 Å². The van der Waals surface area contributed by atoms with Gasteiger partial charge < -0.3 is 19.7 Å². The van der Waals surface area contributed by atoms with Crippen molar-refractivity contribution in [3.05, 3.63) is 23.3 Å². The zero-order valence-electron chi connectivity index (χ0n) is 13.2. The lowest BCUT2D eigenvalue weighted by molar-refractivity contribution is 0.105. The van der Waals surface area contributed by atoms with Crippen molar-refractivity contribution in [2.24, 2.45) is 0 Å². The van der Waals surface area contributed by atoms with E-state index in [-0.39, 0.29) is 0 Å². The second-order valence-electron chi connectivity index (χ2n) is 5.89. The predicted octanol–water partition coefficient (Wildman–Crippen LogP) is 1.10. The van der Waals surface area contributed by atoms with Crippen molar-refractivity contribution in [2.75, 3.05) is 54.0 Å². The van der Waals surface area contributed by atoms with E-state index in [1.54, 1.807) is 14.2 Å². The molecule has 0 aromatic heterocycles. The van der Waals surface area contributed by atoms with E-state index in [1.165, 1.54) is 11.1 Å². The van der Waals surface area contributed by atoms with Crippen LogP contribution in [0.5, 0.6) is 11.5 Å². The van der Waals surface area contributed by atoms with Crippen LogP contribution >= 0.6 is 0 Å². The zero-order valence-corrected chi connectivity index (χ0v) is 13.2. The molecule has 0 amide bonds. The maximum absolute atomic E-state index is 5.65. The van der Waals surface area contributed by atoms with Crippen LogP contribution in [0, 0.1) is 0 Å². The molecule has 2 aliphatic rings. The Kier molecular flexibility index (Phi) is 4.33. The molecule has 0 radical (unpaired) electrons. The number of hydrogen-bond donors (Lipinski definition) is 1. The SMILES string of the molecule is COc1cc2c(c(OC)c1)[C@H](N1CCN(C)CC1)CNC2. The summed E-state index contributed by atoms with van der Waals surface area (Å²) in [6.45, 7) is 6.34. The van der Waals surface area contributed by atoms with Crippen LogP contribution in [0.2, 0.25) is 0 Å². The van der Waals surface area contributed by atoms with E-state index in [2.05, 4.69) is 28.2 Å². The Balaban J connectivity index is 1.93. The first-order valence-electron chi connectivity index (χ1n) is 7.61. The first-order valence-corrected chi connectivity index (χ1v) is 7.61. The second-order valence-corrected chi connectivity index (χ2v) is 5.89. The Labute approximate surface area is 126 Å². The van der Waals surface area contributed by atoms with Gasteiger partial charge in [-0.25, -0.2) is 0 Å². The number of benzene rings is 1. The Morgan fingerprint density at radius 3 is 2.52 bits per heavy atom. The number of fused-ring (bicyclic) bond motifs is 1. The van der Waals surface area contributed by atoms with Gasteiger partial charge in [-0.3, -0.25) is 4.90 Å². The number of nitrogens with one attached hydrogen (secondary N) is 1. The van der Waals surface area contributed by atoms with Gasteiger partial charge in [0.15, 0.2) is 0 Å². The summed E-state index contributed by atoms with van der Waals surface area (Å²) < 4.78 is 11.0. The summed E-state index contributed by atoms with van der Waals surface area (Å²) in [5.41, 5.74) is 2.63. The highest BCUT2D eigenvalue weighted by Gasteiger charge is 2.31. The third-order valence-corrected chi connectivity index (χ3v) is 4.62. The van der Waals surface area contributed by atoms with Gasteiger partial charge in [-0.15, -0.1) is 0 Å². The molecule has 1 N–H and O–H groups in total. The van der Waals surface area contributed by atoms with Crippen LogP contribution in [0.15, 0.2) is 12.1 Å². The predicted molar refractivity (Wildman–Crippen MR) is 83.1 cm³/mol. The Bertz CT molecular complexity index is 481. The Hall–Kier alpha value is -1.30. The van der Waals surface area contributed by atoms with Crippen LogP contribution in [-0.4, -0.2) is 63.8 Å². The minimum atomic E-state index is 0.392. The summed E-state index contributed by atoms with van der Waals surface area (Å²) in [6, 6.07) is 4.53. The van der Waals surface area contributed by atoms with Gasteiger partial charge in [-0.1, -0.05) is 0 Å². The number of rotatable bonds is 3. The number of methoxy groups -OCH3 is 2. The molecule has 1 aromatic carbocycles. The molecule has 2 heterocycles. The van der Waals surface area contributed by atoms with Gasteiger partial charge in [-0.2, -0.15) is 0 Å². The molecule has 1 saturated heterocycles. The highest BCUT2D eigenvalue weighted by molar-refractivity contribution is 5.49. The maximum Gasteiger partial charge on any atom is 0.127 e. The van der Waals surface area contributed by atoms with Crippen LogP contribution in [0.3, 0.4) is 0 Å². The second kappa shape index (κ2) is 6.22. The summed E-state index contributed by atoms with van der Waals surface area (Å²) in [7, 11) is 5.64. The third kappa shape index (κ3) is 2.86. The van der Waals surface area contributed by atoms with E-state index in [0.717, 1.165) is 50.8 Å². The van der Waals surface area contributed by atoms with Crippen molar-refractivity contribution in [1.82, 2.24) is 15.1 Å². The third-order valence-electron chi connectivity index (χ3n) is 4.62. The summed E-state index contributed by atoms with van der Waals surface area (Å²) in [6.07, 6.45) is 0. The van der Waals surface area contributed by atoms with Crippen LogP contribution in [0.25, 0.3) is 0 Å². The molecule has 5 heteroatoms. The molecule has 5 nitrogen and oxygen atoms in total. The van der Waals surface area contributed by atoms with Gasteiger partial charge >= 0.3 is 0 Å². The lowest BCUT2D eigenvalue weighted by Gasteiger charge is -2.41. The molecule has 1 aromatic rings. The van der Waals surface area contributed by atoms with Crippen LogP contribution in [-0.2, 0) is 6.54 Å². The fourth-order valence-corrected chi connectivity index (χ4v) is 3.36.